The molecule has 2 fully saturated rings. The number of rotatable bonds is 4. The van der Waals surface area contributed by atoms with Crippen LogP contribution in [0.3, 0.4) is 0 Å². The van der Waals surface area contributed by atoms with Crippen molar-refractivity contribution in [3.8, 4) is 0 Å². The van der Waals surface area contributed by atoms with E-state index in [1.807, 2.05) is 7.11 Å². The lowest BCUT2D eigenvalue weighted by molar-refractivity contribution is 0.0616. The van der Waals surface area contributed by atoms with Crippen LogP contribution in [0.15, 0.2) is 0 Å². The van der Waals surface area contributed by atoms with Crippen molar-refractivity contribution in [1.29, 1.82) is 0 Å². The molecule has 0 aromatic heterocycles. The lowest BCUT2D eigenvalue weighted by Crippen LogP contribution is -2.43. The standard InChI is InChI=1S/C13H25NO/c1-15-10-12(11-6-5-7-11)13-8-3-2-4-9-14-13/h11-14H,2-10H2,1H3. The van der Waals surface area contributed by atoms with E-state index in [1.54, 1.807) is 0 Å². The third kappa shape index (κ3) is 2.94. The third-order valence-corrected chi connectivity index (χ3v) is 4.23. The van der Waals surface area contributed by atoms with Crippen LogP contribution in [0.5, 0.6) is 0 Å². The van der Waals surface area contributed by atoms with E-state index in [4.69, 9.17) is 4.74 Å². The summed E-state index contributed by atoms with van der Waals surface area (Å²) in [5, 5.41) is 3.74. The second-order valence-electron chi connectivity index (χ2n) is 5.22. The molecule has 2 heteroatoms. The Kier molecular flexibility index (Phi) is 4.45. The molecule has 15 heavy (non-hydrogen) atoms. The van der Waals surface area contributed by atoms with Crippen LogP contribution in [0.2, 0.25) is 0 Å². The highest BCUT2D eigenvalue weighted by Gasteiger charge is 2.33. The minimum absolute atomic E-state index is 0.734. The molecule has 0 radical (unpaired) electrons. The average Bonchev–Trinajstić information content (AvgIpc) is 2.42. The summed E-state index contributed by atoms with van der Waals surface area (Å²) in [7, 11) is 1.85. The van der Waals surface area contributed by atoms with Gasteiger partial charge in [-0.2, -0.15) is 0 Å². The number of methoxy groups -OCH3 is 1. The van der Waals surface area contributed by atoms with Crippen LogP contribution in [0.1, 0.15) is 44.9 Å². The van der Waals surface area contributed by atoms with E-state index < -0.39 is 0 Å². The zero-order chi connectivity index (χ0) is 10.5. The molecule has 1 N–H and O–H groups in total. The van der Waals surface area contributed by atoms with E-state index in [-0.39, 0.29) is 0 Å². The highest BCUT2D eigenvalue weighted by Crippen LogP contribution is 2.36. The van der Waals surface area contributed by atoms with Gasteiger partial charge in [-0.1, -0.05) is 32.1 Å². The van der Waals surface area contributed by atoms with Gasteiger partial charge in [0.15, 0.2) is 0 Å². The van der Waals surface area contributed by atoms with Crippen molar-refractivity contribution in [1.82, 2.24) is 5.32 Å². The maximum Gasteiger partial charge on any atom is 0.0508 e. The summed E-state index contributed by atoms with van der Waals surface area (Å²) in [4.78, 5) is 0. The van der Waals surface area contributed by atoms with Crippen LogP contribution in [-0.2, 0) is 4.74 Å². The largest absolute Gasteiger partial charge is 0.384 e. The summed E-state index contributed by atoms with van der Waals surface area (Å²) < 4.78 is 5.41. The average molecular weight is 211 g/mol. The van der Waals surface area contributed by atoms with E-state index >= 15 is 0 Å². The Labute approximate surface area is 93.8 Å². The summed E-state index contributed by atoms with van der Waals surface area (Å²) in [5.74, 6) is 1.72. The topological polar surface area (TPSA) is 21.3 Å². The molecular weight excluding hydrogens is 186 g/mol. The first-order chi connectivity index (χ1) is 7.42. The lowest BCUT2D eigenvalue weighted by atomic mass is 9.72. The summed E-state index contributed by atoms with van der Waals surface area (Å²) >= 11 is 0. The van der Waals surface area contributed by atoms with Crippen LogP contribution >= 0.6 is 0 Å². The normalized spacial score (nSPS) is 30.6. The quantitative estimate of drug-likeness (QED) is 0.771. The van der Waals surface area contributed by atoms with Crippen LogP contribution < -0.4 is 5.32 Å². The fourth-order valence-electron chi connectivity index (χ4n) is 3.06. The monoisotopic (exact) mass is 211 g/mol. The van der Waals surface area contributed by atoms with Crippen molar-refractivity contribution >= 4 is 0 Å². The van der Waals surface area contributed by atoms with Gasteiger partial charge < -0.3 is 10.1 Å². The van der Waals surface area contributed by atoms with Gasteiger partial charge in [-0.05, 0) is 25.3 Å². The van der Waals surface area contributed by atoms with E-state index in [9.17, 15) is 0 Å². The predicted octanol–water partition coefficient (Wildman–Crippen LogP) is 2.58. The van der Waals surface area contributed by atoms with E-state index in [0.717, 1.165) is 24.5 Å². The van der Waals surface area contributed by atoms with Crippen molar-refractivity contribution < 1.29 is 4.74 Å². The molecule has 1 aliphatic carbocycles. The van der Waals surface area contributed by atoms with Crippen molar-refractivity contribution in [2.45, 2.75) is 51.0 Å². The molecule has 2 nitrogen and oxygen atoms in total. The van der Waals surface area contributed by atoms with Gasteiger partial charge in [0.25, 0.3) is 0 Å². The second-order valence-corrected chi connectivity index (χ2v) is 5.22. The highest BCUT2D eigenvalue weighted by atomic mass is 16.5. The molecule has 1 aliphatic heterocycles. The summed E-state index contributed by atoms with van der Waals surface area (Å²) in [5.41, 5.74) is 0. The smallest absolute Gasteiger partial charge is 0.0508 e. The maximum atomic E-state index is 5.41. The van der Waals surface area contributed by atoms with Crippen molar-refractivity contribution in [2.75, 3.05) is 20.3 Å². The van der Waals surface area contributed by atoms with Crippen molar-refractivity contribution in [2.24, 2.45) is 11.8 Å². The molecule has 2 unspecified atom stereocenters. The first-order valence-corrected chi connectivity index (χ1v) is 6.64. The van der Waals surface area contributed by atoms with Crippen molar-refractivity contribution in [3.63, 3.8) is 0 Å². The summed E-state index contributed by atoms with van der Waals surface area (Å²) in [6.45, 7) is 2.18. The second kappa shape index (κ2) is 5.86. The Morgan fingerprint density at radius 3 is 2.67 bits per heavy atom. The first kappa shape index (κ1) is 11.4. The molecular formula is C13H25NO. The Bertz CT molecular complexity index is 171. The Morgan fingerprint density at radius 1 is 1.13 bits per heavy atom. The number of hydrogen-bond donors (Lipinski definition) is 1. The number of ether oxygens (including phenoxy) is 1. The maximum absolute atomic E-state index is 5.41. The molecule has 0 aromatic rings. The SMILES string of the molecule is COCC(C1CCC1)C1CCCCCN1. The fraction of sp³-hybridized carbons (Fsp3) is 1.00. The minimum atomic E-state index is 0.734. The molecule has 88 valence electrons. The zero-order valence-electron chi connectivity index (χ0n) is 10.0. The molecule has 2 atom stereocenters. The van der Waals surface area contributed by atoms with Crippen LogP contribution in [0, 0.1) is 11.8 Å². The van der Waals surface area contributed by atoms with Crippen LogP contribution in [0.4, 0.5) is 0 Å². The fourth-order valence-corrected chi connectivity index (χ4v) is 3.06. The molecule has 2 aliphatic rings. The van der Waals surface area contributed by atoms with Gasteiger partial charge in [0.2, 0.25) is 0 Å². The van der Waals surface area contributed by atoms with Gasteiger partial charge in [-0.25, -0.2) is 0 Å². The molecule has 0 bridgehead atoms. The van der Waals surface area contributed by atoms with Gasteiger partial charge in [0.1, 0.15) is 0 Å². The molecule has 0 aromatic carbocycles. The Balaban J connectivity index is 1.88. The van der Waals surface area contributed by atoms with E-state index in [1.165, 1.54) is 51.5 Å². The Hall–Kier alpha value is -0.0800. The summed E-state index contributed by atoms with van der Waals surface area (Å²) in [6, 6.07) is 0.734. The third-order valence-electron chi connectivity index (χ3n) is 4.23. The molecule has 2 rings (SSSR count). The van der Waals surface area contributed by atoms with Gasteiger partial charge in [-0.15, -0.1) is 0 Å². The van der Waals surface area contributed by atoms with Crippen LogP contribution in [-0.4, -0.2) is 26.3 Å². The van der Waals surface area contributed by atoms with Gasteiger partial charge >= 0.3 is 0 Å². The van der Waals surface area contributed by atoms with Crippen LogP contribution in [0.25, 0.3) is 0 Å². The van der Waals surface area contributed by atoms with Crippen molar-refractivity contribution in [3.05, 3.63) is 0 Å². The van der Waals surface area contributed by atoms with Gasteiger partial charge in [-0.3, -0.25) is 0 Å². The van der Waals surface area contributed by atoms with E-state index in [0.29, 0.717) is 0 Å². The summed E-state index contributed by atoms with van der Waals surface area (Å²) in [6.07, 6.45) is 9.86. The number of hydrogen-bond acceptors (Lipinski definition) is 2. The van der Waals surface area contributed by atoms with E-state index in [2.05, 4.69) is 5.32 Å². The Morgan fingerprint density at radius 2 is 2.00 bits per heavy atom. The molecule has 1 heterocycles. The highest BCUT2D eigenvalue weighted by molar-refractivity contribution is 4.87. The zero-order valence-corrected chi connectivity index (χ0v) is 10.0. The van der Waals surface area contributed by atoms with Gasteiger partial charge in [0, 0.05) is 19.1 Å². The molecule has 0 amide bonds. The predicted molar refractivity (Wildman–Crippen MR) is 63.0 cm³/mol. The molecule has 1 saturated heterocycles. The molecule has 1 saturated carbocycles. The molecule has 0 spiro atoms. The first-order valence-electron chi connectivity index (χ1n) is 6.64. The number of nitrogens with one attached hydrogen (secondary N) is 1. The van der Waals surface area contributed by atoms with Gasteiger partial charge in [0.05, 0.1) is 6.61 Å². The lowest BCUT2D eigenvalue weighted by Gasteiger charge is -2.38. The minimum Gasteiger partial charge on any atom is -0.384 e.